The van der Waals surface area contributed by atoms with Crippen LogP contribution in [0.2, 0.25) is 0 Å². The molecule has 0 fully saturated rings. The molecule has 0 saturated heterocycles. The molecule has 0 atom stereocenters. The van der Waals surface area contributed by atoms with Gasteiger partial charge >= 0.3 is 6.09 Å². The van der Waals surface area contributed by atoms with Gasteiger partial charge in [0.25, 0.3) is 0 Å². The first kappa shape index (κ1) is 11.6. The topological polar surface area (TPSA) is 49.3 Å². The van der Waals surface area contributed by atoms with E-state index in [4.69, 9.17) is 5.11 Å². The van der Waals surface area contributed by atoms with E-state index in [1.54, 1.807) is 0 Å². The Hall–Kier alpha value is -1.51. The van der Waals surface area contributed by atoms with Crippen molar-refractivity contribution in [1.29, 1.82) is 0 Å². The molecule has 0 spiro atoms. The van der Waals surface area contributed by atoms with Crippen molar-refractivity contribution in [3.05, 3.63) is 35.4 Å². The lowest BCUT2D eigenvalue weighted by atomic mass is 9.87. The highest BCUT2D eigenvalue weighted by atomic mass is 16.4. The van der Waals surface area contributed by atoms with Crippen molar-refractivity contribution in [2.75, 3.05) is 0 Å². The van der Waals surface area contributed by atoms with Gasteiger partial charge in [-0.25, -0.2) is 4.79 Å². The normalized spacial score (nSPS) is 11.1. The number of carboxylic acid groups (broad SMARTS) is 1. The molecular weight excluding hydrogens is 190 g/mol. The second-order valence-corrected chi connectivity index (χ2v) is 4.61. The molecule has 1 amide bonds. The fourth-order valence-electron chi connectivity index (χ4n) is 1.30. The van der Waals surface area contributed by atoms with E-state index in [1.807, 2.05) is 24.3 Å². The molecule has 0 heterocycles. The molecule has 0 unspecified atom stereocenters. The minimum atomic E-state index is -0.991. The SMILES string of the molecule is CC(C)(C)c1ccc(CNC(=O)O)cc1. The largest absolute Gasteiger partial charge is 0.465 e. The highest BCUT2D eigenvalue weighted by Crippen LogP contribution is 2.21. The lowest BCUT2D eigenvalue weighted by molar-refractivity contribution is 0.194. The number of nitrogens with one attached hydrogen (secondary N) is 1. The summed E-state index contributed by atoms with van der Waals surface area (Å²) >= 11 is 0. The van der Waals surface area contributed by atoms with Gasteiger partial charge in [-0.2, -0.15) is 0 Å². The van der Waals surface area contributed by atoms with E-state index in [0.717, 1.165) is 5.56 Å². The van der Waals surface area contributed by atoms with Gasteiger partial charge in [0.05, 0.1) is 0 Å². The van der Waals surface area contributed by atoms with Crippen LogP contribution < -0.4 is 5.32 Å². The van der Waals surface area contributed by atoms with Gasteiger partial charge in [0.2, 0.25) is 0 Å². The second-order valence-electron chi connectivity index (χ2n) is 4.61. The molecule has 15 heavy (non-hydrogen) atoms. The van der Waals surface area contributed by atoms with Crippen LogP contribution in [-0.2, 0) is 12.0 Å². The fourth-order valence-corrected chi connectivity index (χ4v) is 1.30. The number of rotatable bonds is 2. The molecule has 0 saturated carbocycles. The smallest absolute Gasteiger partial charge is 0.404 e. The summed E-state index contributed by atoms with van der Waals surface area (Å²) in [6.45, 7) is 6.81. The van der Waals surface area contributed by atoms with E-state index in [-0.39, 0.29) is 5.41 Å². The number of carbonyl (C=O) groups is 1. The maximum Gasteiger partial charge on any atom is 0.404 e. The standard InChI is InChI=1S/C12H17NO2/c1-12(2,3)10-6-4-9(5-7-10)8-13-11(14)15/h4-7,13H,8H2,1-3H3,(H,14,15). The maximum absolute atomic E-state index is 10.3. The summed E-state index contributed by atoms with van der Waals surface area (Å²) in [5.41, 5.74) is 2.37. The van der Waals surface area contributed by atoms with Crippen LogP contribution in [0.4, 0.5) is 4.79 Å². The van der Waals surface area contributed by atoms with E-state index in [2.05, 4.69) is 26.1 Å². The molecule has 3 heteroatoms. The van der Waals surface area contributed by atoms with Crippen LogP contribution in [0.5, 0.6) is 0 Å². The molecule has 2 N–H and O–H groups in total. The zero-order valence-electron chi connectivity index (χ0n) is 9.37. The van der Waals surface area contributed by atoms with Gasteiger partial charge in [0, 0.05) is 6.54 Å². The minimum absolute atomic E-state index is 0.138. The van der Waals surface area contributed by atoms with Gasteiger partial charge in [-0.15, -0.1) is 0 Å². The molecule has 1 rings (SSSR count). The van der Waals surface area contributed by atoms with Crippen LogP contribution >= 0.6 is 0 Å². The average molecular weight is 207 g/mol. The highest BCUT2D eigenvalue weighted by Gasteiger charge is 2.12. The lowest BCUT2D eigenvalue weighted by Gasteiger charge is -2.19. The van der Waals surface area contributed by atoms with Gasteiger partial charge in [-0.3, -0.25) is 0 Å². The molecule has 0 aliphatic rings. The van der Waals surface area contributed by atoms with Crippen LogP contribution in [0.1, 0.15) is 31.9 Å². The molecule has 0 aromatic heterocycles. The van der Waals surface area contributed by atoms with Crippen LogP contribution in [0, 0.1) is 0 Å². The molecular formula is C12H17NO2. The first-order valence-corrected chi connectivity index (χ1v) is 4.96. The molecule has 0 aliphatic heterocycles. The van der Waals surface area contributed by atoms with Crippen molar-refractivity contribution in [1.82, 2.24) is 5.32 Å². The molecule has 1 aromatic carbocycles. The lowest BCUT2D eigenvalue weighted by Crippen LogP contribution is -2.20. The number of amides is 1. The number of hydrogen-bond donors (Lipinski definition) is 2. The van der Waals surface area contributed by atoms with E-state index in [0.29, 0.717) is 6.54 Å². The summed E-state index contributed by atoms with van der Waals surface area (Å²) in [5.74, 6) is 0. The predicted molar refractivity (Wildman–Crippen MR) is 60.0 cm³/mol. The molecule has 1 aromatic rings. The third-order valence-electron chi connectivity index (χ3n) is 2.26. The van der Waals surface area contributed by atoms with Crippen LogP contribution in [0.15, 0.2) is 24.3 Å². The first-order valence-electron chi connectivity index (χ1n) is 4.96. The van der Waals surface area contributed by atoms with Gasteiger partial charge < -0.3 is 10.4 Å². The van der Waals surface area contributed by atoms with Crippen LogP contribution in [0.3, 0.4) is 0 Å². The van der Waals surface area contributed by atoms with Crippen LogP contribution in [-0.4, -0.2) is 11.2 Å². The monoisotopic (exact) mass is 207 g/mol. The van der Waals surface area contributed by atoms with Gasteiger partial charge in [0.15, 0.2) is 0 Å². The Morgan fingerprint density at radius 1 is 1.27 bits per heavy atom. The molecule has 0 bridgehead atoms. The third kappa shape index (κ3) is 3.62. The molecule has 0 radical (unpaired) electrons. The number of hydrogen-bond acceptors (Lipinski definition) is 1. The summed E-state index contributed by atoms with van der Waals surface area (Å²) in [6, 6.07) is 7.99. The Morgan fingerprint density at radius 2 is 1.80 bits per heavy atom. The summed E-state index contributed by atoms with van der Waals surface area (Å²) < 4.78 is 0. The van der Waals surface area contributed by atoms with Crippen molar-refractivity contribution in [3.63, 3.8) is 0 Å². The Bertz CT molecular complexity index is 336. The predicted octanol–water partition coefficient (Wildman–Crippen LogP) is 2.75. The van der Waals surface area contributed by atoms with Gasteiger partial charge in [0.1, 0.15) is 0 Å². The highest BCUT2D eigenvalue weighted by molar-refractivity contribution is 5.64. The summed E-state index contributed by atoms with van der Waals surface area (Å²) in [5, 5.41) is 10.8. The molecule has 82 valence electrons. The first-order chi connectivity index (χ1) is 6.89. The quantitative estimate of drug-likeness (QED) is 0.783. The van der Waals surface area contributed by atoms with E-state index >= 15 is 0 Å². The summed E-state index contributed by atoms with van der Waals surface area (Å²) in [4.78, 5) is 10.3. The van der Waals surface area contributed by atoms with Crippen LogP contribution in [0.25, 0.3) is 0 Å². The molecule has 3 nitrogen and oxygen atoms in total. The Balaban J connectivity index is 2.69. The third-order valence-corrected chi connectivity index (χ3v) is 2.26. The number of benzene rings is 1. The van der Waals surface area contributed by atoms with E-state index in [1.165, 1.54) is 5.56 Å². The second kappa shape index (κ2) is 4.34. The minimum Gasteiger partial charge on any atom is -0.465 e. The van der Waals surface area contributed by atoms with Gasteiger partial charge in [-0.05, 0) is 16.5 Å². The Labute approximate surface area is 90.1 Å². The summed E-state index contributed by atoms with van der Waals surface area (Å²) in [6.07, 6.45) is -0.991. The molecule has 0 aliphatic carbocycles. The van der Waals surface area contributed by atoms with Crippen molar-refractivity contribution < 1.29 is 9.90 Å². The van der Waals surface area contributed by atoms with Crippen molar-refractivity contribution in [2.45, 2.75) is 32.7 Å². The van der Waals surface area contributed by atoms with E-state index in [9.17, 15) is 4.79 Å². The maximum atomic E-state index is 10.3. The summed E-state index contributed by atoms with van der Waals surface area (Å²) in [7, 11) is 0. The van der Waals surface area contributed by atoms with Crippen molar-refractivity contribution in [2.24, 2.45) is 0 Å². The fraction of sp³-hybridized carbons (Fsp3) is 0.417. The zero-order valence-corrected chi connectivity index (χ0v) is 9.37. The zero-order chi connectivity index (χ0) is 11.5. The van der Waals surface area contributed by atoms with Gasteiger partial charge in [-0.1, -0.05) is 45.0 Å². The van der Waals surface area contributed by atoms with Crippen molar-refractivity contribution >= 4 is 6.09 Å². The average Bonchev–Trinajstić information content (AvgIpc) is 2.14. The van der Waals surface area contributed by atoms with Crippen molar-refractivity contribution in [3.8, 4) is 0 Å². The van der Waals surface area contributed by atoms with E-state index < -0.39 is 6.09 Å². The Kier molecular flexibility index (Phi) is 3.35. The Morgan fingerprint density at radius 3 is 2.20 bits per heavy atom.